The highest BCUT2D eigenvalue weighted by molar-refractivity contribution is 14.0. The second-order valence-corrected chi connectivity index (χ2v) is 5.78. The Morgan fingerprint density at radius 3 is 2.81 bits per heavy atom. The maximum absolute atomic E-state index is 5.98. The molecule has 0 spiro atoms. The van der Waals surface area contributed by atoms with Crippen LogP contribution in [-0.2, 0) is 6.54 Å². The van der Waals surface area contributed by atoms with Crippen LogP contribution in [0.1, 0.15) is 5.56 Å². The number of hydrogen-bond donors (Lipinski definition) is 2. The molecule has 0 bridgehead atoms. The molecule has 0 saturated carbocycles. The van der Waals surface area contributed by atoms with Gasteiger partial charge in [-0.3, -0.25) is 4.99 Å². The van der Waals surface area contributed by atoms with Gasteiger partial charge in [-0.05, 0) is 29.8 Å². The van der Waals surface area contributed by atoms with E-state index in [2.05, 4.69) is 15.6 Å². The summed E-state index contributed by atoms with van der Waals surface area (Å²) in [5, 5.41) is 7.16. The SMILES string of the molecule is CN=C(NCCOc1ccc2c(c1)OCO2)NCc1cccc(Cl)c1.I. The molecule has 0 amide bonds. The van der Waals surface area contributed by atoms with E-state index in [1.807, 2.05) is 42.5 Å². The third kappa shape index (κ3) is 5.84. The molecule has 1 heterocycles. The van der Waals surface area contributed by atoms with Crippen LogP contribution < -0.4 is 24.8 Å². The lowest BCUT2D eigenvalue weighted by atomic mass is 10.2. The van der Waals surface area contributed by atoms with E-state index in [0.717, 1.165) is 22.1 Å². The molecule has 8 heteroatoms. The summed E-state index contributed by atoms with van der Waals surface area (Å²) in [7, 11) is 1.73. The number of rotatable bonds is 6. The van der Waals surface area contributed by atoms with Gasteiger partial charge in [-0.15, -0.1) is 24.0 Å². The Morgan fingerprint density at radius 1 is 1.15 bits per heavy atom. The number of benzene rings is 2. The minimum absolute atomic E-state index is 0. The number of guanidine groups is 1. The minimum Gasteiger partial charge on any atom is -0.492 e. The molecule has 1 aliphatic rings. The van der Waals surface area contributed by atoms with Gasteiger partial charge in [0.15, 0.2) is 17.5 Å². The molecule has 1 aliphatic heterocycles. The predicted molar refractivity (Wildman–Crippen MR) is 113 cm³/mol. The van der Waals surface area contributed by atoms with Gasteiger partial charge < -0.3 is 24.8 Å². The molecule has 2 N–H and O–H groups in total. The van der Waals surface area contributed by atoms with Crippen molar-refractivity contribution in [3.63, 3.8) is 0 Å². The normalized spacial score (nSPS) is 12.3. The Hall–Kier alpha value is -1.87. The van der Waals surface area contributed by atoms with E-state index in [9.17, 15) is 0 Å². The van der Waals surface area contributed by atoms with Crippen LogP contribution in [0.3, 0.4) is 0 Å². The summed E-state index contributed by atoms with van der Waals surface area (Å²) in [6.45, 7) is 2.01. The lowest BCUT2D eigenvalue weighted by Crippen LogP contribution is -2.38. The third-order valence-corrected chi connectivity index (χ3v) is 3.81. The van der Waals surface area contributed by atoms with Crippen LogP contribution >= 0.6 is 35.6 Å². The van der Waals surface area contributed by atoms with Crippen LogP contribution in [0.25, 0.3) is 0 Å². The van der Waals surface area contributed by atoms with Crippen molar-refractivity contribution in [1.82, 2.24) is 10.6 Å². The first-order valence-electron chi connectivity index (χ1n) is 7.96. The summed E-state index contributed by atoms with van der Waals surface area (Å²) in [6, 6.07) is 13.2. The Labute approximate surface area is 174 Å². The van der Waals surface area contributed by atoms with Crippen LogP contribution in [-0.4, -0.2) is 33.0 Å². The predicted octanol–water partition coefficient (Wildman–Crippen LogP) is 3.43. The highest BCUT2D eigenvalue weighted by Crippen LogP contribution is 2.34. The average molecular weight is 490 g/mol. The van der Waals surface area contributed by atoms with E-state index in [0.29, 0.717) is 31.4 Å². The third-order valence-electron chi connectivity index (χ3n) is 3.58. The molecule has 0 unspecified atom stereocenters. The van der Waals surface area contributed by atoms with Gasteiger partial charge in [0.05, 0.1) is 6.54 Å². The topological polar surface area (TPSA) is 64.1 Å². The number of nitrogens with one attached hydrogen (secondary N) is 2. The molecule has 0 radical (unpaired) electrons. The average Bonchev–Trinajstić information content (AvgIpc) is 3.09. The quantitative estimate of drug-likeness (QED) is 0.282. The number of nitrogens with zero attached hydrogens (tertiary/aromatic N) is 1. The van der Waals surface area contributed by atoms with Crippen molar-refractivity contribution in [2.45, 2.75) is 6.54 Å². The molecule has 140 valence electrons. The Bertz CT molecular complexity index is 758. The Kier molecular flexibility index (Phi) is 8.11. The first kappa shape index (κ1) is 20.4. The Morgan fingerprint density at radius 2 is 2.00 bits per heavy atom. The van der Waals surface area contributed by atoms with Gasteiger partial charge in [0.25, 0.3) is 0 Å². The maximum Gasteiger partial charge on any atom is 0.231 e. The number of aliphatic imine (C=N–C) groups is 1. The highest BCUT2D eigenvalue weighted by atomic mass is 127. The van der Waals surface area contributed by atoms with Gasteiger partial charge in [-0.2, -0.15) is 0 Å². The van der Waals surface area contributed by atoms with Crippen molar-refractivity contribution in [3.05, 3.63) is 53.1 Å². The van der Waals surface area contributed by atoms with Crippen molar-refractivity contribution in [3.8, 4) is 17.2 Å². The van der Waals surface area contributed by atoms with Crippen LogP contribution in [0, 0.1) is 0 Å². The zero-order valence-corrected chi connectivity index (χ0v) is 17.4. The largest absolute Gasteiger partial charge is 0.492 e. The van der Waals surface area contributed by atoms with Crippen molar-refractivity contribution in [1.29, 1.82) is 0 Å². The van der Waals surface area contributed by atoms with Crippen LogP contribution in [0.4, 0.5) is 0 Å². The molecular formula is C18H21ClIN3O3. The maximum atomic E-state index is 5.98. The molecule has 0 aliphatic carbocycles. The lowest BCUT2D eigenvalue weighted by Gasteiger charge is -2.13. The van der Waals surface area contributed by atoms with E-state index in [4.69, 9.17) is 25.8 Å². The Balaban J connectivity index is 0.00000243. The number of halogens is 2. The van der Waals surface area contributed by atoms with E-state index in [1.165, 1.54) is 0 Å². The molecule has 0 saturated heterocycles. The monoisotopic (exact) mass is 489 g/mol. The summed E-state index contributed by atoms with van der Waals surface area (Å²) in [6.07, 6.45) is 0. The van der Waals surface area contributed by atoms with Crippen molar-refractivity contribution < 1.29 is 14.2 Å². The summed E-state index contributed by atoms with van der Waals surface area (Å²) < 4.78 is 16.3. The van der Waals surface area contributed by atoms with Gasteiger partial charge in [-0.25, -0.2) is 0 Å². The first-order valence-corrected chi connectivity index (χ1v) is 8.34. The second-order valence-electron chi connectivity index (χ2n) is 5.35. The molecule has 6 nitrogen and oxygen atoms in total. The summed E-state index contributed by atoms with van der Waals surface area (Å²) in [5.74, 6) is 2.91. The summed E-state index contributed by atoms with van der Waals surface area (Å²) in [4.78, 5) is 4.19. The fourth-order valence-corrected chi connectivity index (χ4v) is 2.57. The van der Waals surface area contributed by atoms with E-state index in [1.54, 1.807) is 7.05 Å². The molecule has 26 heavy (non-hydrogen) atoms. The van der Waals surface area contributed by atoms with Gasteiger partial charge in [0.1, 0.15) is 12.4 Å². The summed E-state index contributed by atoms with van der Waals surface area (Å²) >= 11 is 5.98. The van der Waals surface area contributed by atoms with Crippen LogP contribution in [0.2, 0.25) is 5.02 Å². The molecular weight excluding hydrogens is 469 g/mol. The van der Waals surface area contributed by atoms with E-state index < -0.39 is 0 Å². The van der Waals surface area contributed by atoms with Gasteiger partial charge >= 0.3 is 0 Å². The molecule has 0 atom stereocenters. The second kappa shape index (κ2) is 10.3. The van der Waals surface area contributed by atoms with Crippen LogP contribution in [0.15, 0.2) is 47.5 Å². The fraction of sp³-hybridized carbons (Fsp3) is 0.278. The standard InChI is InChI=1S/C18H20ClN3O3.HI/c1-20-18(22-11-13-3-2-4-14(19)9-13)21-7-8-23-15-5-6-16-17(10-15)25-12-24-16;/h2-6,9-10H,7-8,11-12H2,1H3,(H2,20,21,22);1H. The molecule has 2 aromatic carbocycles. The summed E-state index contributed by atoms with van der Waals surface area (Å²) in [5.41, 5.74) is 1.09. The van der Waals surface area contributed by atoms with Gasteiger partial charge in [0, 0.05) is 24.7 Å². The van der Waals surface area contributed by atoms with Crippen molar-refractivity contribution >= 4 is 41.5 Å². The highest BCUT2D eigenvalue weighted by Gasteiger charge is 2.13. The molecule has 0 aromatic heterocycles. The van der Waals surface area contributed by atoms with Gasteiger partial charge in [-0.1, -0.05) is 23.7 Å². The number of ether oxygens (including phenoxy) is 3. The number of fused-ring (bicyclic) bond motifs is 1. The zero-order chi connectivity index (χ0) is 17.5. The lowest BCUT2D eigenvalue weighted by molar-refractivity contribution is 0.173. The fourth-order valence-electron chi connectivity index (χ4n) is 2.36. The first-order chi connectivity index (χ1) is 12.2. The van der Waals surface area contributed by atoms with Crippen molar-refractivity contribution in [2.24, 2.45) is 4.99 Å². The minimum atomic E-state index is 0. The molecule has 3 rings (SSSR count). The van der Waals surface area contributed by atoms with Crippen LogP contribution in [0.5, 0.6) is 17.2 Å². The molecule has 0 fully saturated rings. The number of hydrogen-bond acceptors (Lipinski definition) is 4. The molecule has 2 aromatic rings. The van der Waals surface area contributed by atoms with Crippen molar-refractivity contribution in [2.75, 3.05) is 27.0 Å². The zero-order valence-electron chi connectivity index (χ0n) is 14.3. The van der Waals surface area contributed by atoms with Gasteiger partial charge in [0.2, 0.25) is 6.79 Å². The van der Waals surface area contributed by atoms with E-state index >= 15 is 0 Å². The van der Waals surface area contributed by atoms with E-state index in [-0.39, 0.29) is 30.8 Å². The smallest absolute Gasteiger partial charge is 0.231 e.